The lowest BCUT2D eigenvalue weighted by molar-refractivity contribution is 0.281. The first-order valence-corrected chi connectivity index (χ1v) is 8.43. The van der Waals surface area contributed by atoms with Gasteiger partial charge in [-0.25, -0.2) is 0 Å². The fourth-order valence-corrected chi connectivity index (χ4v) is 2.54. The average molecular weight is 316 g/mol. The van der Waals surface area contributed by atoms with E-state index in [1.165, 1.54) is 5.56 Å². The summed E-state index contributed by atoms with van der Waals surface area (Å²) in [6.07, 6.45) is 2.00. The van der Waals surface area contributed by atoms with Crippen LogP contribution in [0, 0.1) is 0 Å². The molecule has 0 amide bonds. The highest BCUT2D eigenvalue weighted by Crippen LogP contribution is 2.22. The first kappa shape index (κ1) is 19.2. The zero-order chi connectivity index (χ0) is 17.3. The molecule has 0 aliphatic rings. The molecule has 1 atom stereocenters. The van der Waals surface area contributed by atoms with Gasteiger partial charge in [0.2, 0.25) is 0 Å². The van der Waals surface area contributed by atoms with Crippen LogP contribution in [0.4, 0.5) is 0 Å². The molecule has 0 saturated heterocycles. The van der Waals surface area contributed by atoms with Gasteiger partial charge < -0.3 is 16.4 Å². The van der Waals surface area contributed by atoms with E-state index in [2.05, 4.69) is 67.2 Å². The van der Waals surface area contributed by atoms with Gasteiger partial charge in [-0.1, -0.05) is 56.3 Å². The molecule has 0 saturated carbocycles. The largest absolute Gasteiger partial charge is 0.370 e. The summed E-state index contributed by atoms with van der Waals surface area (Å²) in [4.78, 5) is 4.54. The van der Waals surface area contributed by atoms with Crippen molar-refractivity contribution < 1.29 is 0 Å². The van der Waals surface area contributed by atoms with E-state index in [0.29, 0.717) is 19.0 Å². The van der Waals surface area contributed by atoms with Crippen molar-refractivity contribution in [2.75, 3.05) is 13.1 Å². The highest BCUT2D eigenvalue weighted by Gasteiger charge is 2.27. The Labute approximate surface area is 141 Å². The van der Waals surface area contributed by atoms with Crippen molar-refractivity contribution in [3.63, 3.8) is 0 Å². The highest BCUT2D eigenvalue weighted by atomic mass is 15.1. The van der Waals surface area contributed by atoms with Crippen molar-refractivity contribution >= 4 is 5.96 Å². The van der Waals surface area contributed by atoms with E-state index in [1.807, 2.05) is 13.0 Å². The third-order valence-corrected chi connectivity index (χ3v) is 4.30. The monoisotopic (exact) mass is 316 g/mol. The summed E-state index contributed by atoms with van der Waals surface area (Å²) in [7, 11) is 0. The number of benzene rings is 1. The minimum absolute atomic E-state index is 0.0508. The second kappa shape index (κ2) is 9.36. The first-order chi connectivity index (χ1) is 10.9. The SMILES string of the molecule is C=C(C)CNC(N)=NCC(CC)(CC)NC(C)c1ccccc1. The summed E-state index contributed by atoms with van der Waals surface area (Å²) in [5.74, 6) is 0.480. The summed E-state index contributed by atoms with van der Waals surface area (Å²) in [5.41, 5.74) is 8.23. The standard InChI is InChI=1S/C19H32N4/c1-6-19(7-2,14-22-18(20)21-13-15(3)4)23-16(5)17-11-9-8-10-12-17/h8-12,16,23H,3,6-7,13-14H2,1-2,4-5H3,(H3,20,21,22). The Morgan fingerprint density at radius 1 is 1.26 bits per heavy atom. The molecule has 0 aliphatic carbocycles. The quantitative estimate of drug-likeness (QED) is 0.372. The smallest absolute Gasteiger partial charge is 0.188 e. The van der Waals surface area contributed by atoms with E-state index in [-0.39, 0.29) is 11.6 Å². The summed E-state index contributed by atoms with van der Waals surface area (Å²) in [6, 6.07) is 10.8. The molecule has 0 radical (unpaired) electrons. The number of guanidine groups is 1. The van der Waals surface area contributed by atoms with E-state index >= 15 is 0 Å². The summed E-state index contributed by atoms with van der Waals surface area (Å²) in [6.45, 7) is 13.7. The Balaban J connectivity index is 2.74. The molecule has 1 rings (SSSR count). The lowest BCUT2D eigenvalue weighted by atomic mass is 9.91. The van der Waals surface area contributed by atoms with Gasteiger partial charge in [0.1, 0.15) is 0 Å². The number of nitrogens with two attached hydrogens (primary N) is 1. The van der Waals surface area contributed by atoms with Gasteiger partial charge in [-0.3, -0.25) is 4.99 Å². The molecule has 0 bridgehead atoms. The second-order valence-corrected chi connectivity index (χ2v) is 6.28. The number of nitrogens with zero attached hydrogens (tertiary/aromatic N) is 1. The van der Waals surface area contributed by atoms with E-state index in [0.717, 1.165) is 18.4 Å². The van der Waals surface area contributed by atoms with Crippen LogP contribution < -0.4 is 16.4 Å². The minimum atomic E-state index is -0.0508. The Kier molecular flexibility index (Phi) is 7.83. The van der Waals surface area contributed by atoms with Crippen LogP contribution in [0.5, 0.6) is 0 Å². The molecule has 1 aromatic carbocycles. The molecule has 128 valence electrons. The van der Waals surface area contributed by atoms with E-state index < -0.39 is 0 Å². The number of hydrogen-bond donors (Lipinski definition) is 3. The second-order valence-electron chi connectivity index (χ2n) is 6.28. The topological polar surface area (TPSA) is 62.4 Å². The number of nitrogens with one attached hydrogen (secondary N) is 2. The number of aliphatic imine (C=N–C) groups is 1. The van der Waals surface area contributed by atoms with Gasteiger partial charge in [0.25, 0.3) is 0 Å². The van der Waals surface area contributed by atoms with Crippen LogP contribution in [-0.4, -0.2) is 24.6 Å². The molecule has 0 aromatic heterocycles. The van der Waals surface area contributed by atoms with Gasteiger partial charge in [0, 0.05) is 18.1 Å². The summed E-state index contributed by atoms with van der Waals surface area (Å²) < 4.78 is 0. The van der Waals surface area contributed by atoms with Crippen molar-refractivity contribution in [1.82, 2.24) is 10.6 Å². The Morgan fingerprint density at radius 2 is 1.87 bits per heavy atom. The van der Waals surface area contributed by atoms with Gasteiger partial charge in [-0.15, -0.1) is 0 Å². The molecule has 4 N–H and O–H groups in total. The normalized spacial score (nSPS) is 13.7. The molecule has 4 nitrogen and oxygen atoms in total. The molecule has 4 heteroatoms. The Hall–Kier alpha value is -1.81. The van der Waals surface area contributed by atoms with Crippen LogP contribution in [0.2, 0.25) is 0 Å². The summed E-state index contributed by atoms with van der Waals surface area (Å²) >= 11 is 0. The highest BCUT2D eigenvalue weighted by molar-refractivity contribution is 5.78. The van der Waals surface area contributed by atoms with Gasteiger partial charge in [-0.2, -0.15) is 0 Å². The maximum atomic E-state index is 5.95. The molecular formula is C19H32N4. The fraction of sp³-hybridized carbons (Fsp3) is 0.526. The lowest BCUT2D eigenvalue weighted by Crippen LogP contribution is -2.49. The van der Waals surface area contributed by atoms with Gasteiger partial charge in [0.05, 0.1) is 6.54 Å². The van der Waals surface area contributed by atoms with Crippen molar-refractivity contribution in [1.29, 1.82) is 0 Å². The number of rotatable bonds is 9. The molecule has 1 unspecified atom stereocenters. The Bertz CT molecular complexity index is 503. The Morgan fingerprint density at radius 3 is 2.39 bits per heavy atom. The van der Waals surface area contributed by atoms with Crippen LogP contribution >= 0.6 is 0 Å². The zero-order valence-electron chi connectivity index (χ0n) is 15.0. The fourth-order valence-electron chi connectivity index (χ4n) is 2.54. The van der Waals surface area contributed by atoms with Crippen molar-refractivity contribution in [2.24, 2.45) is 10.7 Å². The van der Waals surface area contributed by atoms with Crippen LogP contribution in [0.1, 0.15) is 52.1 Å². The molecule has 1 aromatic rings. The molecule has 0 aliphatic heterocycles. The molecular weight excluding hydrogens is 284 g/mol. The predicted molar refractivity (Wildman–Crippen MR) is 101 cm³/mol. The van der Waals surface area contributed by atoms with E-state index in [1.54, 1.807) is 0 Å². The summed E-state index contributed by atoms with van der Waals surface area (Å²) in [5, 5.41) is 6.85. The van der Waals surface area contributed by atoms with Crippen molar-refractivity contribution in [3.8, 4) is 0 Å². The van der Waals surface area contributed by atoms with Crippen LogP contribution in [0.3, 0.4) is 0 Å². The van der Waals surface area contributed by atoms with Crippen LogP contribution in [0.25, 0.3) is 0 Å². The van der Waals surface area contributed by atoms with Crippen molar-refractivity contribution in [3.05, 3.63) is 48.0 Å². The van der Waals surface area contributed by atoms with Crippen LogP contribution in [0.15, 0.2) is 47.5 Å². The van der Waals surface area contributed by atoms with E-state index in [4.69, 9.17) is 5.73 Å². The third kappa shape index (κ3) is 6.45. The number of hydrogen-bond acceptors (Lipinski definition) is 2. The predicted octanol–water partition coefficient (Wildman–Crippen LogP) is 3.38. The maximum absolute atomic E-state index is 5.95. The maximum Gasteiger partial charge on any atom is 0.188 e. The minimum Gasteiger partial charge on any atom is -0.370 e. The zero-order valence-corrected chi connectivity index (χ0v) is 15.0. The molecule has 0 heterocycles. The van der Waals surface area contributed by atoms with Crippen LogP contribution in [-0.2, 0) is 0 Å². The van der Waals surface area contributed by atoms with Gasteiger partial charge >= 0.3 is 0 Å². The van der Waals surface area contributed by atoms with Gasteiger partial charge in [0.15, 0.2) is 5.96 Å². The first-order valence-electron chi connectivity index (χ1n) is 8.43. The molecule has 0 spiro atoms. The third-order valence-electron chi connectivity index (χ3n) is 4.30. The molecule has 23 heavy (non-hydrogen) atoms. The average Bonchev–Trinajstić information content (AvgIpc) is 2.57. The lowest BCUT2D eigenvalue weighted by Gasteiger charge is -2.35. The van der Waals surface area contributed by atoms with Crippen molar-refractivity contribution in [2.45, 2.75) is 52.1 Å². The molecule has 0 fully saturated rings. The van der Waals surface area contributed by atoms with Gasteiger partial charge in [-0.05, 0) is 32.3 Å². The van der Waals surface area contributed by atoms with E-state index in [9.17, 15) is 0 Å².